The Morgan fingerprint density at radius 1 is 0.852 bits per heavy atom. The van der Waals surface area contributed by atoms with Gasteiger partial charge < -0.3 is 20.1 Å². The third kappa shape index (κ3) is 3.98. The molecule has 0 heterocycles. The van der Waals surface area contributed by atoms with Crippen molar-refractivity contribution in [3.05, 3.63) is 100 Å². The lowest BCUT2D eigenvalue weighted by Crippen LogP contribution is -2.27. The first-order valence-corrected chi connectivity index (χ1v) is 8.35. The van der Waals surface area contributed by atoms with Crippen molar-refractivity contribution < 1.29 is 24.9 Å². The monoisotopic (exact) mass is 360 g/mol. The van der Waals surface area contributed by atoms with Gasteiger partial charge in [-0.25, -0.2) is 4.79 Å². The Hall–Kier alpha value is -3.60. The minimum Gasteiger partial charge on any atom is -0.872 e. The van der Waals surface area contributed by atoms with E-state index in [1.807, 2.05) is 30.3 Å². The van der Waals surface area contributed by atoms with E-state index in [2.05, 4.69) is 0 Å². The van der Waals surface area contributed by atoms with Crippen molar-refractivity contribution in [2.75, 3.05) is 0 Å². The van der Waals surface area contributed by atoms with E-state index in [1.165, 1.54) is 0 Å². The molecule has 136 valence electrons. The smallest absolute Gasteiger partial charge is 0.336 e. The average molecular weight is 360 g/mol. The molecular formula is C22H16O5-2. The first kappa shape index (κ1) is 18.2. The quantitative estimate of drug-likeness (QED) is 0.725. The fourth-order valence-corrected chi connectivity index (χ4v) is 3.10. The van der Waals surface area contributed by atoms with Crippen LogP contribution in [0, 0.1) is 0 Å². The fraction of sp³-hybridized carbons (Fsp3) is 0.0909. The highest BCUT2D eigenvalue weighted by molar-refractivity contribution is 6.03. The van der Waals surface area contributed by atoms with Crippen LogP contribution in [0.4, 0.5) is 0 Å². The summed E-state index contributed by atoms with van der Waals surface area (Å²) in [4.78, 5) is 23.3. The normalized spacial score (nSPS) is 10.5. The van der Waals surface area contributed by atoms with Gasteiger partial charge in [-0.15, -0.1) is 5.75 Å². The molecule has 0 radical (unpaired) electrons. The molecule has 5 nitrogen and oxygen atoms in total. The number of benzene rings is 3. The van der Waals surface area contributed by atoms with E-state index in [-0.39, 0.29) is 24.0 Å². The van der Waals surface area contributed by atoms with Crippen molar-refractivity contribution >= 4 is 11.9 Å². The van der Waals surface area contributed by atoms with Crippen LogP contribution in [0.3, 0.4) is 0 Å². The van der Waals surface area contributed by atoms with Crippen molar-refractivity contribution in [3.8, 4) is 5.75 Å². The van der Waals surface area contributed by atoms with Crippen molar-refractivity contribution in [2.45, 2.75) is 12.8 Å². The van der Waals surface area contributed by atoms with Gasteiger partial charge in [-0.2, -0.15) is 0 Å². The summed E-state index contributed by atoms with van der Waals surface area (Å²) in [5.41, 5.74) is 0.767. The van der Waals surface area contributed by atoms with Crippen LogP contribution in [0.2, 0.25) is 0 Å². The van der Waals surface area contributed by atoms with Gasteiger partial charge in [0.05, 0.1) is 11.5 Å². The molecule has 0 fully saturated rings. The summed E-state index contributed by atoms with van der Waals surface area (Å²) in [7, 11) is 0. The van der Waals surface area contributed by atoms with E-state index >= 15 is 0 Å². The van der Waals surface area contributed by atoms with Gasteiger partial charge in [0.1, 0.15) is 0 Å². The molecule has 0 atom stereocenters. The van der Waals surface area contributed by atoms with Crippen LogP contribution in [-0.2, 0) is 12.8 Å². The summed E-state index contributed by atoms with van der Waals surface area (Å²) < 4.78 is 0. The van der Waals surface area contributed by atoms with Crippen molar-refractivity contribution in [2.24, 2.45) is 0 Å². The summed E-state index contributed by atoms with van der Waals surface area (Å²) >= 11 is 0. The number of rotatable bonds is 6. The molecule has 3 rings (SSSR count). The zero-order valence-corrected chi connectivity index (χ0v) is 14.3. The summed E-state index contributed by atoms with van der Waals surface area (Å²) in [6, 6.07) is 19.1. The Bertz CT molecular complexity index is 979. The maximum absolute atomic E-state index is 13.0. The lowest BCUT2D eigenvalue weighted by molar-refractivity contribution is -0.270. The molecule has 0 aromatic heterocycles. The Morgan fingerprint density at radius 3 is 1.85 bits per heavy atom. The van der Waals surface area contributed by atoms with Gasteiger partial charge in [-0.3, -0.25) is 0 Å². The second-order valence-corrected chi connectivity index (χ2v) is 6.18. The van der Waals surface area contributed by atoms with Crippen LogP contribution >= 0.6 is 0 Å². The minimum absolute atomic E-state index is 0.0320. The Labute approximate surface area is 156 Å². The van der Waals surface area contributed by atoms with Crippen molar-refractivity contribution in [1.29, 1.82) is 0 Å². The third-order valence-electron chi connectivity index (χ3n) is 4.35. The van der Waals surface area contributed by atoms with E-state index in [4.69, 9.17) is 0 Å². The number of carboxylic acids is 2. The van der Waals surface area contributed by atoms with Crippen LogP contribution in [0.1, 0.15) is 43.0 Å². The summed E-state index contributed by atoms with van der Waals surface area (Å²) in [5, 5.41) is 34.1. The Kier molecular flexibility index (Phi) is 5.22. The topological polar surface area (TPSA) is 100 Å². The molecule has 3 aromatic carbocycles. The maximum atomic E-state index is 13.0. The fourth-order valence-electron chi connectivity index (χ4n) is 3.10. The lowest BCUT2D eigenvalue weighted by atomic mass is 9.90. The zero-order valence-electron chi connectivity index (χ0n) is 14.3. The second kappa shape index (κ2) is 7.74. The van der Waals surface area contributed by atoms with Gasteiger partial charge in [0.2, 0.25) is 0 Å². The first-order chi connectivity index (χ1) is 13.0. The molecule has 27 heavy (non-hydrogen) atoms. The Balaban J connectivity index is 2.18. The lowest BCUT2D eigenvalue weighted by Gasteiger charge is -2.24. The van der Waals surface area contributed by atoms with Crippen LogP contribution in [-0.4, -0.2) is 17.0 Å². The highest BCUT2D eigenvalue weighted by Gasteiger charge is 2.20. The van der Waals surface area contributed by atoms with E-state index < -0.39 is 28.8 Å². The molecule has 1 N–H and O–H groups in total. The number of carboxylic acid groups (broad SMARTS) is 2. The second-order valence-electron chi connectivity index (χ2n) is 6.18. The van der Waals surface area contributed by atoms with E-state index in [9.17, 15) is 24.9 Å². The predicted molar refractivity (Wildman–Crippen MR) is 95.7 cm³/mol. The number of carbonyl (C=O) groups excluding carboxylic acids is 1. The minimum atomic E-state index is -1.61. The van der Waals surface area contributed by atoms with Crippen molar-refractivity contribution in [1.82, 2.24) is 0 Å². The molecule has 0 saturated heterocycles. The van der Waals surface area contributed by atoms with Crippen molar-refractivity contribution in [3.63, 3.8) is 0 Å². The average Bonchev–Trinajstić information content (AvgIpc) is 2.66. The van der Waals surface area contributed by atoms with Gasteiger partial charge >= 0.3 is 5.97 Å². The first-order valence-electron chi connectivity index (χ1n) is 8.35. The largest absolute Gasteiger partial charge is 0.872 e. The molecular weight excluding hydrogens is 344 g/mol. The van der Waals surface area contributed by atoms with E-state index in [0.29, 0.717) is 0 Å². The zero-order chi connectivity index (χ0) is 19.4. The molecule has 0 unspecified atom stereocenters. The molecule has 3 aromatic rings. The van der Waals surface area contributed by atoms with E-state index in [0.717, 1.165) is 17.2 Å². The number of carbonyl (C=O) groups is 2. The molecule has 5 heteroatoms. The third-order valence-corrected chi connectivity index (χ3v) is 4.35. The number of hydrogen-bond donors (Lipinski definition) is 1. The summed E-state index contributed by atoms with van der Waals surface area (Å²) in [5.74, 6) is -3.52. The highest BCUT2D eigenvalue weighted by Crippen LogP contribution is 2.31. The van der Waals surface area contributed by atoms with E-state index in [1.54, 1.807) is 30.3 Å². The molecule has 0 aliphatic rings. The Morgan fingerprint density at radius 2 is 1.37 bits per heavy atom. The van der Waals surface area contributed by atoms with Gasteiger partial charge in [0.25, 0.3) is 0 Å². The van der Waals surface area contributed by atoms with Gasteiger partial charge in [-0.1, -0.05) is 66.2 Å². The van der Waals surface area contributed by atoms with Crippen LogP contribution < -0.4 is 10.2 Å². The highest BCUT2D eigenvalue weighted by atomic mass is 16.4. The molecule has 0 aliphatic carbocycles. The van der Waals surface area contributed by atoms with Crippen LogP contribution in [0.15, 0.2) is 66.7 Å². The van der Waals surface area contributed by atoms with Crippen LogP contribution in [0.5, 0.6) is 5.75 Å². The summed E-state index contributed by atoms with van der Waals surface area (Å²) in [6.07, 6.45) is 0.242. The standard InChI is InChI=1S/C22H18O5/c23-20-16(11-14-7-3-1-4-8-14)13-18(21(24)25)19(22(26)27)17(20)12-15-9-5-2-6-10-15/h1-10,13,23H,11-12H2,(H,24,25)(H,26,27)/p-2. The van der Waals surface area contributed by atoms with Gasteiger partial charge in [-0.05, 0) is 35.6 Å². The molecule has 0 amide bonds. The number of hydrogen-bond acceptors (Lipinski definition) is 4. The molecule has 0 aliphatic heterocycles. The summed E-state index contributed by atoms with van der Waals surface area (Å²) in [6.45, 7) is 0. The van der Waals surface area contributed by atoms with Crippen LogP contribution in [0.25, 0.3) is 0 Å². The predicted octanol–water partition coefficient (Wildman–Crippen LogP) is 2.00. The SMILES string of the molecule is O=C([O-])c1cc(Cc2ccccc2)c([O-])c(Cc2ccccc2)c1C(=O)O. The van der Waals surface area contributed by atoms with Gasteiger partial charge in [0, 0.05) is 5.56 Å². The maximum Gasteiger partial charge on any atom is 0.336 e. The van der Waals surface area contributed by atoms with Gasteiger partial charge in [0.15, 0.2) is 0 Å². The molecule has 0 bridgehead atoms. The molecule has 0 spiro atoms. The molecule has 0 saturated carbocycles. The number of aromatic carboxylic acids is 2.